The number of benzene rings is 1. The molecule has 196 valence electrons. The number of hydrogen-bond donors (Lipinski definition) is 4. The maximum atomic E-state index is 14.0. The van der Waals surface area contributed by atoms with E-state index in [9.17, 15) is 30.0 Å². The van der Waals surface area contributed by atoms with Crippen LogP contribution in [-0.2, 0) is 14.3 Å². The first kappa shape index (κ1) is 32.3. The first-order valence-corrected chi connectivity index (χ1v) is 12.2. The van der Waals surface area contributed by atoms with E-state index >= 15 is 0 Å². The summed E-state index contributed by atoms with van der Waals surface area (Å²) in [4.78, 5) is 27.3. The Hall–Kier alpha value is 0.783. The second kappa shape index (κ2) is 10.9. The zero-order chi connectivity index (χ0) is 25.6. The smallest absolute Gasteiger partial charge is 0.338 e. The molecule has 1 heterocycles. The average molecular weight is 941 g/mol. The molecule has 4 N–H and O–H groups in total. The van der Waals surface area contributed by atoms with E-state index in [0.29, 0.717) is 12.0 Å². The Morgan fingerprint density at radius 3 is 2.27 bits per heavy atom. The van der Waals surface area contributed by atoms with Gasteiger partial charge < -0.3 is 29.9 Å². The molecule has 2 radical (unpaired) electrons. The van der Waals surface area contributed by atoms with Gasteiger partial charge >= 0.3 is 5.97 Å². The van der Waals surface area contributed by atoms with Gasteiger partial charge in [0, 0.05) is 111 Å². The molecule has 37 heavy (non-hydrogen) atoms. The molecular formula is C27H34Ac2O8. The van der Waals surface area contributed by atoms with Crippen LogP contribution in [0.5, 0.6) is 0 Å². The molecule has 0 aromatic heterocycles. The standard InChI is InChI=1S/C27H34O8.2Ac/c1-14-16(28)12-27(33)22(35-23(31)15-8-6-5-7-9-15)20-25(4,11-10-17-26(20,32)13-34-17)21(30)19(29)18(14)24(27,2)3;;/h5-9,16-17,19-20,22,28-29,32-33H,10-13H2,1-4H3;;/t16?,17?,19?,20?,22-,25+,26?,27?;;/m0../s1. The maximum Gasteiger partial charge on any atom is 0.338 e. The van der Waals surface area contributed by atoms with E-state index in [-0.39, 0.29) is 119 Å². The Morgan fingerprint density at radius 2 is 1.70 bits per heavy atom. The summed E-state index contributed by atoms with van der Waals surface area (Å²) in [5.41, 5.74) is -5.09. The molecule has 8 nitrogen and oxygen atoms in total. The molecule has 2 saturated carbocycles. The van der Waals surface area contributed by atoms with Crippen molar-refractivity contribution in [3.8, 4) is 0 Å². The van der Waals surface area contributed by atoms with Crippen molar-refractivity contribution < 1.29 is 128 Å². The van der Waals surface area contributed by atoms with Gasteiger partial charge in [0.05, 0.1) is 24.4 Å². The predicted molar refractivity (Wildman–Crippen MR) is 124 cm³/mol. The van der Waals surface area contributed by atoms with Crippen molar-refractivity contribution in [3.05, 3.63) is 47.0 Å². The van der Waals surface area contributed by atoms with E-state index in [1.807, 2.05) is 0 Å². The molecule has 0 spiro atoms. The molecule has 1 saturated heterocycles. The molecule has 5 rings (SSSR count). The van der Waals surface area contributed by atoms with Crippen molar-refractivity contribution >= 4 is 11.8 Å². The SMILES string of the molecule is CC1=C2C(O)C(=O)[C@]3(C)CCC4OCC4(O)C3[C@H](OC(=O)c3ccccc3)C(O)(CC1O)C2(C)C.[Ac].[Ac]. The number of aliphatic hydroxyl groups excluding tert-OH is 2. The van der Waals surface area contributed by atoms with Crippen LogP contribution in [0.15, 0.2) is 41.5 Å². The Kier molecular flexibility index (Phi) is 9.50. The second-order valence-electron chi connectivity index (χ2n) is 11.5. The number of rotatable bonds is 2. The fourth-order valence-corrected chi connectivity index (χ4v) is 7.29. The molecule has 6 unspecified atom stereocenters. The van der Waals surface area contributed by atoms with E-state index in [4.69, 9.17) is 9.47 Å². The molecular weight excluding hydrogens is 906 g/mol. The third-order valence-corrected chi connectivity index (χ3v) is 9.51. The van der Waals surface area contributed by atoms with Crippen molar-refractivity contribution in [1.82, 2.24) is 0 Å². The van der Waals surface area contributed by atoms with Gasteiger partial charge in [-0.25, -0.2) is 4.79 Å². The van der Waals surface area contributed by atoms with Crippen molar-refractivity contribution in [1.29, 1.82) is 0 Å². The van der Waals surface area contributed by atoms with Crippen LogP contribution in [0.1, 0.15) is 57.3 Å². The van der Waals surface area contributed by atoms with Crippen molar-refractivity contribution in [3.63, 3.8) is 0 Å². The third kappa shape index (κ3) is 4.56. The van der Waals surface area contributed by atoms with Gasteiger partial charge in [-0.1, -0.05) is 39.0 Å². The van der Waals surface area contributed by atoms with Gasteiger partial charge in [0.15, 0.2) is 5.78 Å². The predicted octanol–water partition coefficient (Wildman–Crippen LogP) is 1.54. The van der Waals surface area contributed by atoms with Crippen LogP contribution in [0, 0.1) is 105 Å². The molecule has 10 heteroatoms. The number of aliphatic hydroxyl groups is 4. The first-order valence-electron chi connectivity index (χ1n) is 12.2. The Labute approximate surface area is 288 Å². The summed E-state index contributed by atoms with van der Waals surface area (Å²) in [5.74, 6) is -2.28. The van der Waals surface area contributed by atoms with E-state index in [1.54, 1.807) is 58.0 Å². The number of carbonyl (C=O) groups is 2. The van der Waals surface area contributed by atoms with Gasteiger partial charge in [0.25, 0.3) is 0 Å². The van der Waals surface area contributed by atoms with Gasteiger partial charge in [-0.15, -0.1) is 0 Å². The average Bonchev–Trinajstić information content (AvgIpc) is 2.80. The molecule has 2 bridgehead atoms. The van der Waals surface area contributed by atoms with Crippen molar-refractivity contribution in [2.75, 3.05) is 6.61 Å². The van der Waals surface area contributed by atoms with Gasteiger partial charge in [-0.2, -0.15) is 0 Å². The summed E-state index contributed by atoms with van der Waals surface area (Å²) in [6, 6.07) is 8.32. The van der Waals surface area contributed by atoms with Crippen LogP contribution in [0.25, 0.3) is 0 Å². The summed E-state index contributed by atoms with van der Waals surface area (Å²) in [5, 5.41) is 46.6. The molecule has 0 amide bonds. The minimum atomic E-state index is -1.90. The monoisotopic (exact) mass is 940 g/mol. The fraction of sp³-hybridized carbons (Fsp3) is 0.630. The van der Waals surface area contributed by atoms with Gasteiger partial charge in [0.1, 0.15) is 23.4 Å². The summed E-state index contributed by atoms with van der Waals surface area (Å²) in [7, 11) is 0. The minimum Gasteiger partial charge on any atom is -0.455 e. The quantitative estimate of drug-likeness (QED) is 0.260. The number of carbonyl (C=O) groups excluding carboxylic acids is 2. The van der Waals surface area contributed by atoms with Crippen LogP contribution in [0.4, 0.5) is 0 Å². The molecule has 8 atom stereocenters. The second-order valence-corrected chi connectivity index (χ2v) is 11.5. The largest absolute Gasteiger partial charge is 0.455 e. The molecule has 4 aliphatic rings. The van der Waals surface area contributed by atoms with Crippen LogP contribution < -0.4 is 0 Å². The fourth-order valence-electron chi connectivity index (χ4n) is 7.29. The number of ether oxygens (including phenoxy) is 2. The van der Waals surface area contributed by atoms with E-state index in [2.05, 4.69) is 0 Å². The Morgan fingerprint density at radius 1 is 1.08 bits per heavy atom. The molecule has 3 aliphatic carbocycles. The van der Waals surface area contributed by atoms with E-state index in [0.717, 1.165) is 0 Å². The molecule has 3 fully saturated rings. The summed E-state index contributed by atoms with van der Waals surface area (Å²) in [6.45, 7) is 6.60. The Bertz CT molecular complexity index is 1110. The topological polar surface area (TPSA) is 134 Å². The zero-order valence-corrected chi connectivity index (χ0v) is 31.2. The van der Waals surface area contributed by atoms with Crippen molar-refractivity contribution in [2.24, 2.45) is 16.7 Å². The first-order chi connectivity index (χ1) is 16.3. The van der Waals surface area contributed by atoms with Crippen LogP contribution in [-0.4, -0.2) is 74.4 Å². The van der Waals surface area contributed by atoms with Crippen LogP contribution in [0.2, 0.25) is 0 Å². The number of ketones is 1. The van der Waals surface area contributed by atoms with Gasteiger partial charge in [-0.05, 0) is 43.0 Å². The number of fused-ring (bicyclic) bond motifs is 5. The Balaban J connectivity index is 0.00000190. The minimum absolute atomic E-state index is 0. The summed E-state index contributed by atoms with van der Waals surface area (Å²) in [6.07, 6.45) is -4.20. The van der Waals surface area contributed by atoms with Crippen molar-refractivity contribution in [2.45, 2.75) is 82.6 Å². The number of Topliss-reactive ketones (excluding diaryl/α,β-unsaturated/α-hetero) is 1. The third-order valence-electron chi connectivity index (χ3n) is 9.51. The van der Waals surface area contributed by atoms with E-state index < -0.39 is 64.1 Å². The number of hydrogen-bond acceptors (Lipinski definition) is 8. The number of esters is 1. The maximum absolute atomic E-state index is 14.0. The normalized spacial score (nSPS) is 41.9. The van der Waals surface area contributed by atoms with Gasteiger partial charge in [-0.3, -0.25) is 4.79 Å². The summed E-state index contributed by atoms with van der Waals surface area (Å²) < 4.78 is 11.7. The molecule has 1 aromatic rings. The molecule has 1 aliphatic heterocycles. The zero-order valence-electron chi connectivity index (χ0n) is 21.7. The summed E-state index contributed by atoms with van der Waals surface area (Å²) >= 11 is 0. The van der Waals surface area contributed by atoms with Crippen LogP contribution in [0.3, 0.4) is 0 Å². The van der Waals surface area contributed by atoms with Gasteiger partial charge in [0.2, 0.25) is 0 Å². The van der Waals surface area contributed by atoms with Crippen LogP contribution >= 0.6 is 0 Å². The molecule has 1 aromatic carbocycles. The van der Waals surface area contributed by atoms with E-state index in [1.165, 1.54) is 0 Å².